The van der Waals surface area contributed by atoms with Crippen LogP contribution in [0, 0.1) is 11.3 Å². The zero-order valence-corrected chi connectivity index (χ0v) is 21.1. The second-order valence-electron chi connectivity index (χ2n) is 9.83. The highest BCUT2D eigenvalue weighted by atomic mass is 32.1. The second-order valence-corrected chi connectivity index (χ2v) is 10.9. The molecular weight excluding hydrogens is 593 g/mol. The molecule has 0 saturated heterocycles. The smallest absolute Gasteiger partial charge is 0.460 e. The highest BCUT2D eigenvalue weighted by molar-refractivity contribution is 7.17. The fourth-order valence-corrected chi connectivity index (χ4v) is 5.14. The van der Waals surface area contributed by atoms with Gasteiger partial charge in [-0.25, -0.2) is 4.79 Å². The standard InChI is InChI=1S/C21H20F13NO3S/c1-15(2,3)8-5-6-9-10(7-8)39-12(11(9)13(36)38-4)35-14(37)16(22,23)17(24,25)18(26,27)19(28,29)20(30,31)21(32,33)34/h8H,5-7H2,1-4H3,(H,35,37). The molecule has 224 valence electrons. The first kappa shape index (κ1) is 32.9. The second kappa shape index (κ2) is 9.68. The molecule has 1 aliphatic rings. The van der Waals surface area contributed by atoms with Crippen LogP contribution in [0.2, 0.25) is 0 Å². The maximum absolute atomic E-state index is 14.3. The molecule has 0 fully saturated rings. The zero-order chi connectivity index (χ0) is 30.8. The minimum atomic E-state index is -8.13. The topological polar surface area (TPSA) is 55.4 Å². The third-order valence-corrected chi connectivity index (χ3v) is 7.49. The van der Waals surface area contributed by atoms with Crippen LogP contribution in [0.1, 0.15) is 48.0 Å². The Balaban J connectivity index is 2.53. The van der Waals surface area contributed by atoms with Crippen molar-refractivity contribution in [2.24, 2.45) is 11.3 Å². The van der Waals surface area contributed by atoms with E-state index in [-0.39, 0.29) is 34.6 Å². The summed E-state index contributed by atoms with van der Waals surface area (Å²) in [7, 11) is 0.811. The predicted octanol–water partition coefficient (Wildman–Crippen LogP) is 7.36. The lowest BCUT2D eigenvalue weighted by atomic mass is 9.72. The maximum atomic E-state index is 14.3. The summed E-state index contributed by atoms with van der Waals surface area (Å²) in [5, 5.41) is 0.103. The summed E-state index contributed by atoms with van der Waals surface area (Å²) in [4.78, 5) is 24.6. The SMILES string of the molecule is COC(=O)c1c(NC(=O)C(F)(F)C(F)(F)C(F)(F)C(F)(F)C(F)(F)C(F)(F)F)sc2c1CCC(C(C)(C)C)C2. The number of thiophene rings is 1. The zero-order valence-electron chi connectivity index (χ0n) is 20.2. The lowest BCUT2D eigenvalue weighted by Crippen LogP contribution is -2.71. The number of ether oxygens (including phenoxy) is 1. The molecule has 1 amide bonds. The quantitative estimate of drug-likeness (QED) is 0.258. The van der Waals surface area contributed by atoms with Crippen molar-refractivity contribution in [3.63, 3.8) is 0 Å². The van der Waals surface area contributed by atoms with E-state index in [4.69, 9.17) is 0 Å². The van der Waals surface area contributed by atoms with Crippen molar-refractivity contribution in [1.29, 1.82) is 0 Å². The Hall–Kier alpha value is -2.27. The van der Waals surface area contributed by atoms with E-state index in [1.165, 1.54) is 0 Å². The van der Waals surface area contributed by atoms with Crippen LogP contribution in [0.3, 0.4) is 0 Å². The summed E-state index contributed by atoms with van der Waals surface area (Å²) in [6, 6.07) is 0. The van der Waals surface area contributed by atoms with Gasteiger partial charge in [-0.15, -0.1) is 11.3 Å². The van der Waals surface area contributed by atoms with Crippen LogP contribution >= 0.6 is 11.3 Å². The largest absolute Gasteiger partial charge is 0.465 e. The lowest BCUT2D eigenvalue weighted by molar-refractivity contribution is -0.435. The van der Waals surface area contributed by atoms with Crippen molar-refractivity contribution in [2.45, 2.75) is 75.8 Å². The minimum absolute atomic E-state index is 0.0697. The summed E-state index contributed by atoms with van der Waals surface area (Å²) >= 11 is 0.386. The number of halogens is 13. The summed E-state index contributed by atoms with van der Waals surface area (Å²) in [5.41, 5.74) is -0.807. The molecule has 4 nitrogen and oxygen atoms in total. The van der Waals surface area contributed by atoms with Gasteiger partial charge >= 0.3 is 47.7 Å². The van der Waals surface area contributed by atoms with Crippen LogP contribution in [0.4, 0.5) is 62.1 Å². The van der Waals surface area contributed by atoms with Crippen LogP contribution in [-0.4, -0.2) is 54.8 Å². The summed E-state index contributed by atoms with van der Waals surface area (Å²) in [6.07, 6.45) is -6.86. The molecule has 1 unspecified atom stereocenters. The average Bonchev–Trinajstić information content (AvgIpc) is 3.13. The van der Waals surface area contributed by atoms with Gasteiger partial charge in [-0.05, 0) is 36.2 Å². The molecule has 1 heterocycles. The number of nitrogens with one attached hydrogen (secondary N) is 1. The molecule has 1 N–H and O–H groups in total. The fourth-order valence-electron chi connectivity index (χ4n) is 3.82. The molecule has 0 aliphatic heterocycles. The predicted molar refractivity (Wildman–Crippen MR) is 110 cm³/mol. The normalized spacial score (nSPS) is 18.0. The third-order valence-electron chi connectivity index (χ3n) is 6.33. The molecule has 18 heteroatoms. The van der Waals surface area contributed by atoms with Gasteiger partial charge in [-0.2, -0.15) is 57.1 Å². The minimum Gasteiger partial charge on any atom is -0.465 e. The maximum Gasteiger partial charge on any atom is 0.460 e. The highest BCUT2D eigenvalue weighted by Gasteiger charge is 2.91. The van der Waals surface area contributed by atoms with Gasteiger partial charge < -0.3 is 10.1 Å². The van der Waals surface area contributed by atoms with Gasteiger partial charge in [-0.3, -0.25) is 4.79 Å². The molecular formula is C21H20F13NO3S. The molecule has 0 spiro atoms. The number of amides is 1. The van der Waals surface area contributed by atoms with Crippen LogP contribution in [0.25, 0.3) is 0 Å². The average molecular weight is 613 g/mol. The first-order valence-electron chi connectivity index (χ1n) is 10.7. The molecule has 0 saturated carbocycles. The highest BCUT2D eigenvalue weighted by Crippen LogP contribution is 2.60. The molecule has 1 aromatic rings. The van der Waals surface area contributed by atoms with Gasteiger partial charge in [0.05, 0.1) is 12.7 Å². The number of fused-ring (bicyclic) bond motifs is 1. The lowest BCUT2D eigenvalue weighted by Gasteiger charge is -2.39. The first-order valence-corrected chi connectivity index (χ1v) is 11.5. The Morgan fingerprint density at radius 3 is 1.74 bits per heavy atom. The van der Waals surface area contributed by atoms with Crippen molar-refractivity contribution in [1.82, 2.24) is 0 Å². The number of rotatable bonds is 7. The Labute approximate surface area is 215 Å². The molecule has 1 aliphatic carbocycles. The van der Waals surface area contributed by atoms with Crippen LogP contribution < -0.4 is 5.32 Å². The Kier molecular flexibility index (Phi) is 8.17. The van der Waals surface area contributed by atoms with Crippen molar-refractivity contribution in [2.75, 3.05) is 12.4 Å². The van der Waals surface area contributed by atoms with E-state index in [2.05, 4.69) is 4.74 Å². The van der Waals surface area contributed by atoms with Crippen LogP contribution in [0.15, 0.2) is 0 Å². The van der Waals surface area contributed by atoms with Crippen molar-refractivity contribution in [3.8, 4) is 0 Å². The summed E-state index contributed by atoms with van der Waals surface area (Å²) < 4.78 is 178. The molecule has 39 heavy (non-hydrogen) atoms. The number of anilines is 1. The summed E-state index contributed by atoms with van der Waals surface area (Å²) in [6.45, 7) is 5.54. The number of carbonyl (C=O) groups is 2. The van der Waals surface area contributed by atoms with Crippen LogP contribution in [0.5, 0.6) is 0 Å². The van der Waals surface area contributed by atoms with E-state index in [1.807, 2.05) is 20.8 Å². The van der Waals surface area contributed by atoms with E-state index in [0.29, 0.717) is 17.8 Å². The number of carbonyl (C=O) groups excluding carboxylic acids is 2. The molecule has 0 bridgehead atoms. The Morgan fingerprint density at radius 2 is 1.31 bits per heavy atom. The van der Waals surface area contributed by atoms with E-state index in [0.717, 1.165) is 12.4 Å². The van der Waals surface area contributed by atoms with Crippen molar-refractivity contribution in [3.05, 3.63) is 16.0 Å². The number of esters is 1. The van der Waals surface area contributed by atoms with E-state index < -0.39 is 58.2 Å². The molecule has 1 atom stereocenters. The van der Waals surface area contributed by atoms with Gasteiger partial charge in [0.1, 0.15) is 5.00 Å². The Bertz CT molecular complexity index is 1120. The van der Waals surface area contributed by atoms with Gasteiger partial charge in [0.15, 0.2) is 0 Å². The van der Waals surface area contributed by atoms with Gasteiger partial charge in [-0.1, -0.05) is 20.8 Å². The third kappa shape index (κ3) is 5.05. The fraction of sp³-hybridized carbons (Fsp3) is 0.714. The monoisotopic (exact) mass is 613 g/mol. The molecule has 0 aromatic carbocycles. The van der Waals surface area contributed by atoms with E-state index in [1.54, 1.807) is 0 Å². The molecule has 1 aromatic heterocycles. The number of hydrogen-bond acceptors (Lipinski definition) is 4. The number of methoxy groups -OCH3 is 1. The molecule has 0 radical (unpaired) electrons. The molecule has 2 rings (SSSR count). The number of hydrogen-bond donors (Lipinski definition) is 1. The van der Waals surface area contributed by atoms with Gasteiger partial charge in [0.2, 0.25) is 0 Å². The van der Waals surface area contributed by atoms with Crippen molar-refractivity contribution >= 4 is 28.2 Å². The number of alkyl halides is 13. The van der Waals surface area contributed by atoms with Gasteiger partial charge in [0, 0.05) is 4.88 Å². The van der Waals surface area contributed by atoms with Crippen LogP contribution in [-0.2, 0) is 22.4 Å². The van der Waals surface area contributed by atoms with Crippen molar-refractivity contribution < 1.29 is 71.4 Å². The Morgan fingerprint density at radius 1 is 0.821 bits per heavy atom. The van der Waals surface area contributed by atoms with Gasteiger partial charge in [0.25, 0.3) is 0 Å². The van der Waals surface area contributed by atoms with E-state index >= 15 is 0 Å². The first-order chi connectivity index (χ1) is 17.2. The summed E-state index contributed by atoms with van der Waals surface area (Å²) in [5.74, 6) is -43.8. The van der Waals surface area contributed by atoms with E-state index in [9.17, 15) is 66.7 Å².